The van der Waals surface area contributed by atoms with Crippen LogP contribution in [0.4, 0.5) is 0 Å². The molecule has 0 fully saturated rings. The molecule has 0 radical (unpaired) electrons. The first kappa shape index (κ1) is 13.6. The van der Waals surface area contributed by atoms with Crippen molar-refractivity contribution in [2.24, 2.45) is 0 Å². The van der Waals surface area contributed by atoms with Gasteiger partial charge in [0.25, 0.3) is 5.91 Å². The number of para-hydroxylation sites is 1. The molecule has 4 nitrogen and oxygen atoms in total. The number of amides is 1. The molecule has 1 heterocycles. The molecule has 1 atom stereocenters. The molecule has 19 heavy (non-hydrogen) atoms. The lowest BCUT2D eigenvalue weighted by atomic mass is 9.86. The highest BCUT2D eigenvalue weighted by Crippen LogP contribution is 2.44. The number of benzene rings is 1. The van der Waals surface area contributed by atoms with E-state index in [0.29, 0.717) is 0 Å². The Kier molecular flexibility index (Phi) is 3.62. The summed E-state index contributed by atoms with van der Waals surface area (Å²) in [5, 5.41) is 1.19. The van der Waals surface area contributed by atoms with Crippen LogP contribution in [0, 0.1) is 0 Å². The summed E-state index contributed by atoms with van der Waals surface area (Å²) in [5.41, 5.74) is 0.753. The fourth-order valence-electron chi connectivity index (χ4n) is 2.26. The van der Waals surface area contributed by atoms with Gasteiger partial charge in [-0.25, -0.2) is 5.06 Å². The van der Waals surface area contributed by atoms with E-state index in [1.54, 1.807) is 7.05 Å². The standard InChI is InChI=1S/C15H19NO3/c1-15(2)12(9-10-14(17)16(3)18-4)11-7-5-6-8-13(11)19-15/h5-10,12H,1-4H3. The van der Waals surface area contributed by atoms with Crippen molar-refractivity contribution in [1.29, 1.82) is 0 Å². The van der Waals surface area contributed by atoms with Crippen LogP contribution in [-0.2, 0) is 9.63 Å². The second-order valence-electron chi connectivity index (χ2n) is 5.10. The van der Waals surface area contributed by atoms with E-state index < -0.39 is 0 Å². The predicted molar refractivity (Wildman–Crippen MR) is 72.8 cm³/mol. The van der Waals surface area contributed by atoms with Crippen LogP contribution in [0.1, 0.15) is 25.3 Å². The molecule has 102 valence electrons. The minimum atomic E-state index is -0.355. The van der Waals surface area contributed by atoms with Gasteiger partial charge in [0.2, 0.25) is 0 Å². The highest BCUT2D eigenvalue weighted by atomic mass is 16.7. The second kappa shape index (κ2) is 5.05. The minimum Gasteiger partial charge on any atom is -0.487 e. The van der Waals surface area contributed by atoms with Gasteiger partial charge in [-0.15, -0.1) is 0 Å². The van der Waals surface area contributed by atoms with Gasteiger partial charge in [-0.3, -0.25) is 9.63 Å². The zero-order valence-corrected chi connectivity index (χ0v) is 11.7. The fraction of sp³-hybridized carbons (Fsp3) is 0.400. The van der Waals surface area contributed by atoms with E-state index in [2.05, 4.69) is 0 Å². The van der Waals surface area contributed by atoms with Gasteiger partial charge in [-0.05, 0) is 19.9 Å². The van der Waals surface area contributed by atoms with E-state index in [0.717, 1.165) is 11.3 Å². The number of hydroxylamine groups is 2. The molecule has 2 rings (SSSR count). The fourth-order valence-corrected chi connectivity index (χ4v) is 2.26. The quantitative estimate of drug-likeness (QED) is 0.620. The first-order valence-corrected chi connectivity index (χ1v) is 6.23. The van der Waals surface area contributed by atoms with Crippen molar-refractivity contribution in [3.05, 3.63) is 42.0 Å². The molecule has 1 amide bonds. The molecule has 1 aliphatic rings. The van der Waals surface area contributed by atoms with Crippen molar-refractivity contribution in [2.75, 3.05) is 14.2 Å². The van der Waals surface area contributed by atoms with Gasteiger partial charge in [-0.2, -0.15) is 0 Å². The number of hydrogen-bond donors (Lipinski definition) is 0. The maximum atomic E-state index is 11.7. The van der Waals surface area contributed by atoms with E-state index in [1.165, 1.54) is 18.2 Å². The lowest BCUT2D eigenvalue weighted by Gasteiger charge is -2.24. The van der Waals surface area contributed by atoms with Gasteiger partial charge in [0, 0.05) is 24.6 Å². The molecule has 1 aromatic rings. The second-order valence-corrected chi connectivity index (χ2v) is 5.10. The van der Waals surface area contributed by atoms with Crippen LogP contribution in [0.3, 0.4) is 0 Å². The number of nitrogens with zero attached hydrogens (tertiary/aromatic N) is 1. The van der Waals surface area contributed by atoms with E-state index >= 15 is 0 Å². The molecule has 0 aromatic heterocycles. The summed E-state index contributed by atoms with van der Waals surface area (Å²) < 4.78 is 5.92. The van der Waals surface area contributed by atoms with Crippen molar-refractivity contribution in [3.8, 4) is 5.75 Å². The van der Waals surface area contributed by atoms with Crippen LogP contribution in [0.2, 0.25) is 0 Å². The van der Waals surface area contributed by atoms with Crippen LogP contribution in [0.25, 0.3) is 0 Å². The number of hydrogen-bond acceptors (Lipinski definition) is 3. The topological polar surface area (TPSA) is 38.8 Å². The van der Waals surface area contributed by atoms with Crippen molar-refractivity contribution in [3.63, 3.8) is 0 Å². The number of rotatable bonds is 3. The zero-order valence-electron chi connectivity index (χ0n) is 11.7. The smallest absolute Gasteiger partial charge is 0.269 e. The summed E-state index contributed by atoms with van der Waals surface area (Å²) in [4.78, 5) is 16.6. The molecule has 0 saturated carbocycles. The molecule has 0 saturated heterocycles. The molecule has 4 heteroatoms. The maximum absolute atomic E-state index is 11.7. The third-order valence-corrected chi connectivity index (χ3v) is 3.39. The Balaban J connectivity index is 2.24. The normalized spacial score (nSPS) is 20.1. The van der Waals surface area contributed by atoms with E-state index in [1.807, 2.05) is 44.2 Å². The van der Waals surface area contributed by atoms with Crippen LogP contribution in [0.15, 0.2) is 36.4 Å². The SMILES string of the molecule is CON(C)C(=O)C=CC1c2ccccc2OC1(C)C. The van der Waals surface area contributed by atoms with Gasteiger partial charge in [0.15, 0.2) is 0 Å². The Morgan fingerprint density at radius 3 is 2.79 bits per heavy atom. The Labute approximate surface area is 113 Å². The third kappa shape index (κ3) is 2.63. The average Bonchev–Trinajstić information content (AvgIpc) is 2.64. The summed E-state index contributed by atoms with van der Waals surface area (Å²) >= 11 is 0. The Morgan fingerprint density at radius 1 is 1.42 bits per heavy atom. The summed E-state index contributed by atoms with van der Waals surface area (Å²) in [7, 11) is 3.04. The molecular formula is C15H19NO3. The number of fused-ring (bicyclic) bond motifs is 1. The highest BCUT2D eigenvalue weighted by Gasteiger charge is 2.39. The van der Waals surface area contributed by atoms with E-state index in [4.69, 9.17) is 9.57 Å². The van der Waals surface area contributed by atoms with Crippen LogP contribution < -0.4 is 4.74 Å². The molecule has 1 unspecified atom stereocenters. The first-order chi connectivity index (χ1) is 8.95. The Hall–Kier alpha value is -1.81. The number of carbonyl (C=O) groups is 1. The molecule has 0 N–H and O–H groups in total. The first-order valence-electron chi connectivity index (χ1n) is 6.23. The minimum absolute atomic E-state index is 0.0536. The summed E-state index contributed by atoms with van der Waals surface area (Å²) in [5.74, 6) is 0.746. The molecule has 0 aliphatic carbocycles. The average molecular weight is 261 g/mol. The maximum Gasteiger partial charge on any atom is 0.269 e. The molecule has 1 aliphatic heterocycles. The number of carbonyl (C=O) groups excluding carboxylic acids is 1. The van der Waals surface area contributed by atoms with E-state index in [9.17, 15) is 4.79 Å². The van der Waals surface area contributed by atoms with Crippen LogP contribution >= 0.6 is 0 Å². The Bertz CT molecular complexity index is 508. The lowest BCUT2D eigenvalue weighted by molar-refractivity contribution is -0.162. The van der Waals surface area contributed by atoms with Gasteiger partial charge in [-0.1, -0.05) is 24.3 Å². The Morgan fingerprint density at radius 2 is 2.11 bits per heavy atom. The van der Waals surface area contributed by atoms with Gasteiger partial charge >= 0.3 is 0 Å². The summed E-state index contributed by atoms with van der Waals surface area (Å²) in [6, 6.07) is 7.91. The van der Waals surface area contributed by atoms with Crippen LogP contribution in [0.5, 0.6) is 5.75 Å². The molecule has 0 bridgehead atoms. The van der Waals surface area contributed by atoms with Gasteiger partial charge < -0.3 is 4.74 Å². The van der Waals surface area contributed by atoms with Crippen molar-refractivity contribution >= 4 is 5.91 Å². The highest BCUT2D eigenvalue weighted by molar-refractivity contribution is 5.86. The predicted octanol–water partition coefficient (Wildman–Crippen LogP) is 2.52. The van der Waals surface area contributed by atoms with Gasteiger partial charge in [0.1, 0.15) is 11.4 Å². The van der Waals surface area contributed by atoms with E-state index in [-0.39, 0.29) is 17.4 Å². The summed E-state index contributed by atoms with van der Waals surface area (Å²) in [6.07, 6.45) is 3.41. The lowest BCUT2D eigenvalue weighted by Crippen LogP contribution is -2.30. The summed E-state index contributed by atoms with van der Waals surface area (Å²) in [6.45, 7) is 4.04. The number of ether oxygens (including phenoxy) is 1. The van der Waals surface area contributed by atoms with Crippen molar-refractivity contribution < 1.29 is 14.4 Å². The van der Waals surface area contributed by atoms with Crippen LogP contribution in [-0.4, -0.2) is 30.7 Å². The molecular weight excluding hydrogens is 242 g/mol. The molecule has 0 spiro atoms. The zero-order chi connectivity index (χ0) is 14.0. The van der Waals surface area contributed by atoms with Gasteiger partial charge in [0.05, 0.1) is 7.11 Å². The number of likely N-dealkylation sites (N-methyl/N-ethyl adjacent to an activating group) is 1. The van der Waals surface area contributed by atoms with Crippen molar-refractivity contribution in [1.82, 2.24) is 5.06 Å². The van der Waals surface area contributed by atoms with Crippen molar-refractivity contribution in [2.45, 2.75) is 25.4 Å². The molecule has 1 aromatic carbocycles. The third-order valence-electron chi connectivity index (χ3n) is 3.39. The largest absolute Gasteiger partial charge is 0.487 e. The monoisotopic (exact) mass is 261 g/mol.